The average molecular weight is 498 g/mol. The molecule has 0 atom stereocenters. The number of halogens is 4. The molecule has 1 heterocycles. The minimum Gasteiger partial charge on any atom is -0.434 e. The second-order valence-corrected chi connectivity index (χ2v) is 7.98. The molecule has 1 aromatic heterocycles. The van der Waals surface area contributed by atoms with E-state index in [1.54, 1.807) is 43.3 Å². The summed E-state index contributed by atoms with van der Waals surface area (Å²) in [6.07, 6.45) is -0.374. The third-order valence-corrected chi connectivity index (χ3v) is 5.52. The van der Waals surface area contributed by atoms with Gasteiger partial charge < -0.3 is 14.5 Å². The van der Waals surface area contributed by atoms with Crippen molar-refractivity contribution in [2.45, 2.75) is 32.8 Å². The molecule has 3 aromatic carbocycles. The minimum atomic E-state index is -3.02. The van der Waals surface area contributed by atoms with E-state index in [-0.39, 0.29) is 40.8 Å². The van der Waals surface area contributed by atoms with Gasteiger partial charge in [-0.2, -0.15) is 8.78 Å². The number of oxazole rings is 1. The van der Waals surface area contributed by atoms with Crippen molar-refractivity contribution in [3.05, 3.63) is 89.8 Å². The number of nitrogens with one attached hydrogen (secondary N) is 1. The molecule has 1 amide bonds. The summed E-state index contributed by atoms with van der Waals surface area (Å²) in [6.45, 7) is -0.0657. The quantitative estimate of drug-likeness (QED) is 0.253. The fourth-order valence-electron chi connectivity index (χ4n) is 3.65. The van der Waals surface area contributed by atoms with Crippen LogP contribution in [0.5, 0.6) is 5.75 Å². The van der Waals surface area contributed by atoms with Gasteiger partial charge in [0.1, 0.15) is 5.75 Å². The van der Waals surface area contributed by atoms with Crippen molar-refractivity contribution in [2.24, 2.45) is 0 Å². The molecule has 9 heteroatoms. The molecule has 0 unspecified atom stereocenters. The lowest BCUT2D eigenvalue weighted by Crippen LogP contribution is -2.15. The Labute approximate surface area is 204 Å². The first-order chi connectivity index (χ1) is 17.2. The number of rotatable bonds is 8. The summed E-state index contributed by atoms with van der Waals surface area (Å²) in [4.78, 5) is 17.1. The smallest absolute Gasteiger partial charge is 0.387 e. The summed E-state index contributed by atoms with van der Waals surface area (Å²) in [7, 11) is 0. The number of ether oxygens (including phenoxy) is 1. The topological polar surface area (TPSA) is 64.4 Å². The van der Waals surface area contributed by atoms with Crippen LogP contribution in [-0.2, 0) is 5.92 Å². The maximum atomic E-state index is 14.0. The Morgan fingerprint density at radius 1 is 1.03 bits per heavy atom. The molecular formula is C27H22F4N2O3. The van der Waals surface area contributed by atoms with Crippen LogP contribution >= 0.6 is 0 Å². The number of alkyl halides is 4. The van der Waals surface area contributed by atoms with Crippen LogP contribution < -0.4 is 10.1 Å². The highest BCUT2D eigenvalue weighted by molar-refractivity contribution is 6.03. The van der Waals surface area contributed by atoms with Crippen LogP contribution in [0.4, 0.5) is 23.2 Å². The highest BCUT2D eigenvalue weighted by Gasteiger charge is 2.29. The van der Waals surface area contributed by atoms with E-state index < -0.39 is 18.4 Å². The zero-order valence-corrected chi connectivity index (χ0v) is 19.4. The second-order valence-electron chi connectivity index (χ2n) is 7.98. The van der Waals surface area contributed by atoms with E-state index in [9.17, 15) is 22.4 Å². The SMILES string of the molecule is CCC(F)(F)c1cccc(NC(=O)c2oc(-c3ccc(OC(F)F)c(-c4ccccc4)c3)nc2C)c1. The fourth-order valence-corrected chi connectivity index (χ4v) is 3.65. The van der Waals surface area contributed by atoms with E-state index >= 15 is 0 Å². The number of nitrogens with zero attached hydrogens (tertiary/aromatic N) is 1. The maximum Gasteiger partial charge on any atom is 0.387 e. The van der Waals surface area contributed by atoms with E-state index in [0.29, 0.717) is 16.7 Å². The summed E-state index contributed by atoms with van der Waals surface area (Å²) < 4.78 is 64.3. The molecule has 0 aliphatic carbocycles. The molecular weight excluding hydrogens is 476 g/mol. The van der Waals surface area contributed by atoms with E-state index in [0.717, 1.165) is 0 Å². The van der Waals surface area contributed by atoms with Gasteiger partial charge in [-0.15, -0.1) is 0 Å². The Morgan fingerprint density at radius 3 is 2.47 bits per heavy atom. The number of anilines is 1. The minimum absolute atomic E-state index is 0.0232. The number of hydrogen-bond donors (Lipinski definition) is 1. The maximum absolute atomic E-state index is 14.0. The van der Waals surface area contributed by atoms with Crippen molar-refractivity contribution in [3.8, 4) is 28.3 Å². The third-order valence-electron chi connectivity index (χ3n) is 5.52. The van der Waals surface area contributed by atoms with E-state index in [1.165, 1.54) is 43.3 Å². The highest BCUT2D eigenvalue weighted by Crippen LogP contribution is 2.36. The average Bonchev–Trinajstić information content (AvgIpc) is 3.26. The number of hydrogen-bond acceptors (Lipinski definition) is 4. The lowest BCUT2D eigenvalue weighted by molar-refractivity contribution is -0.0494. The molecule has 0 aliphatic rings. The Hall–Kier alpha value is -4.14. The Bertz CT molecular complexity index is 1370. The number of benzene rings is 3. The number of amides is 1. The number of carbonyl (C=O) groups is 1. The van der Waals surface area contributed by atoms with Crippen molar-refractivity contribution in [3.63, 3.8) is 0 Å². The van der Waals surface area contributed by atoms with E-state index in [1.807, 2.05) is 0 Å². The largest absolute Gasteiger partial charge is 0.434 e. The van der Waals surface area contributed by atoms with Crippen LogP contribution in [0.1, 0.15) is 35.2 Å². The molecule has 186 valence electrons. The van der Waals surface area contributed by atoms with Gasteiger partial charge in [-0.1, -0.05) is 49.4 Å². The lowest BCUT2D eigenvalue weighted by atomic mass is 10.0. The molecule has 0 radical (unpaired) electrons. The Kier molecular flexibility index (Phi) is 7.10. The van der Waals surface area contributed by atoms with Gasteiger partial charge in [0, 0.05) is 28.8 Å². The monoisotopic (exact) mass is 498 g/mol. The molecule has 0 fully saturated rings. The summed E-state index contributed by atoms with van der Waals surface area (Å²) in [5, 5.41) is 2.56. The van der Waals surface area contributed by atoms with Crippen molar-refractivity contribution >= 4 is 11.6 Å². The molecule has 4 rings (SSSR count). The predicted octanol–water partition coefficient (Wildman–Crippen LogP) is 7.67. The van der Waals surface area contributed by atoms with Crippen molar-refractivity contribution in [1.82, 2.24) is 4.98 Å². The van der Waals surface area contributed by atoms with Gasteiger partial charge in [-0.05, 0) is 42.8 Å². The van der Waals surface area contributed by atoms with Gasteiger partial charge >= 0.3 is 6.61 Å². The zero-order valence-electron chi connectivity index (χ0n) is 19.4. The van der Waals surface area contributed by atoms with Crippen LogP contribution in [0.15, 0.2) is 77.2 Å². The highest BCUT2D eigenvalue weighted by atomic mass is 19.3. The standard InChI is InChI=1S/C27H22F4N2O3/c1-3-27(30,31)19-10-7-11-20(15-19)33-24(34)23-16(2)32-25(36-23)18-12-13-22(35-26(28)29)21(14-18)17-8-5-4-6-9-17/h4-15,26H,3H2,1-2H3,(H,33,34). The summed E-state index contributed by atoms with van der Waals surface area (Å²) in [5.41, 5.74) is 1.71. The first kappa shape index (κ1) is 25.0. The lowest BCUT2D eigenvalue weighted by Gasteiger charge is -2.15. The van der Waals surface area contributed by atoms with Crippen molar-refractivity contribution in [1.29, 1.82) is 0 Å². The Balaban J connectivity index is 1.64. The van der Waals surface area contributed by atoms with Crippen LogP contribution in [0.25, 0.3) is 22.6 Å². The number of aromatic nitrogens is 1. The molecule has 0 saturated heterocycles. The van der Waals surface area contributed by atoms with Crippen LogP contribution in [-0.4, -0.2) is 17.5 Å². The van der Waals surface area contributed by atoms with Crippen molar-refractivity contribution in [2.75, 3.05) is 5.32 Å². The zero-order chi connectivity index (χ0) is 25.9. The Morgan fingerprint density at radius 2 is 1.78 bits per heavy atom. The van der Waals surface area contributed by atoms with Gasteiger partial charge in [-0.25, -0.2) is 13.8 Å². The molecule has 0 aliphatic heterocycles. The van der Waals surface area contributed by atoms with Gasteiger partial charge in [0.25, 0.3) is 11.8 Å². The second kappa shape index (κ2) is 10.2. The third kappa shape index (κ3) is 5.40. The van der Waals surface area contributed by atoms with E-state index in [2.05, 4.69) is 15.0 Å². The summed E-state index contributed by atoms with van der Waals surface area (Å²) in [6, 6.07) is 18.7. The predicted molar refractivity (Wildman–Crippen MR) is 127 cm³/mol. The van der Waals surface area contributed by atoms with Gasteiger partial charge in [0.05, 0.1) is 5.69 Å². The summed E-state index contributed by atoms with van der Waals surface area (Å²) in [5.74, 6) is -3.72. The molecule has 5 nitrogen and oxygen atoms in total. The van der Waals surface area contributed by atoms with Crippen molar-refractivity contribution < 1.29 is 31.5 Å². The normalized spacial score (nSPS) is 11.5. The van der Waals surface area contributed by atoms with Crippen LogP contribution in [0.3, 0.4) is 0 Å². The molecule has 4 aromatic rings. The molecule has 0 saturated carbocycles. The molecule has 1 N–H and O–H groups in total. The fraction of sp³-hybridized carbons (Fsp3) is 0.185. The van der Waals surface area contributed by atoms with Gasteiger partial charge in [0.2, 0.25) is 11.7 Å². The molecule has 0 spiro atoms. The first-order valence-corrected chi connectivity index (χ1v) is 11.1. The molecule has 36 heavy (non-hydrogen) atoms. The van der Waals surface area contributed by atoms with Gasteiger partial charge in [0.15, 0.2) is 0 Å². The van der Waals surface area contributed by atoms with E-state index in [4.69, 9.17) is 4.42 Å². The van der Waals surface area contributed by atoms with Crippen LogP contribution in [0, 0.1) is 6.92 Å². The molecule has 0 bridgehead atoms. The van der Waals surface area contributed by atoms with Gasteiger partial charge in [-0.3, -0.25) is 4.79 Å². The number of aryl methyl sites for hydroxylation is 1. The van der Waals surface area contributed by atoms with Crippen LogP contribution in [0.2, 0.25) is 0 Å². The summed E-state index contributed by atoms with van der Waals surface area (Å²) >= 11 is 0. The first-order valence-electron chi connectivity index (χ1n) is 11.1. The number of carbonyl (C=O) groups excluding carboxylic acids is 1.